The highest BCUT2D eigenvalue weighted by Gasteiger charge is 2.09. The monoisotopic (exact) mass is 267 g/mol. The van der Waals surface area contributed by atoms with Crippen molar-refractivity contribution in [1.82, 2.24) is 10.4 Å². The van der Waals surface area contributed by atoms with Crippen LogP contribution in [0.2, 0.25) is 0 Å². The zero-order valence-corrected chi connectivity index (χ0v) is 10.0. The van der Waals surface area contributed by atoms with Gasteiger partial charge in [-0.3, -0.25) is 10.2 Å². The number of hydrogen-bond donors (Lipinski definition) is 2. The lowest BCUT2D eigenvalue weighted by Crippen LogP contribution is -2.29. The number of halogens is 1. The summed E-state index contributed by atoms with van der Waals surface area (Å²) in [6.07, 6.45) is 0. The predicted octanol–water partition coefficient (Wildman–Crippen LogP) is 1.46. The fourth-order valence-corrected chi connectivity index (χ4v) is 1.93. The van der Waals surface area contributed by atoms with Gasteiger partial charge in [-0.1, -0.05) is 0 Å². The van der Waals surface area contributed by atoms with Gasteiger partial charge in [-0.2, -0.15) is 0 Å². The van der Waals surface area contributed by atoms with E-state index in [1.807, 2.05) is 5.43 Å². The Morgan fingerprint density at radius 2 is 2.17 bits per heavy atom. The van der Waals surface area contributed by atoms with Crippen molar-refractivity contribution in [2.24, 2.45) is 5.84 Å². The zero-order chi connectivity index (χ0) is 13.0. The summed E-state index contributed by atoms with van der Waals surface area (Å²) in [4.78, 5) is 15.2. The van der Waals surface area contributed by atoms with Crippen LogP contribution in [0.5, 0.6) is 5.75 Å². The summed E-state index contributed by atoms with van der Waals surface area (Å²) in [6.45, 7) is 0.208. The number of hydrazine groups is 1. The molecule has 18 heavy (non-hydrogen) atoms. The van der Waals surface area contributed by atoms with Crippen molar-refractivity contribution in [2.45, 2.75) is 6.61 Å². The molecule has 7 heteroatoms. The second-order valence-electron chi connectivity index (χ2n) is 3.36. The Morgan fingerprint density at radius 3 is 2.83 bits per heavy atom. The first-order valence-corrected chi connectivity index (χ1v) is 5.90. The number of benzene rings is 1. The molecule has 0 saturated heterocycles. The molecular formula is C11H10FN3O2S. The van der Waals surface area contributed by atoms with Gasteiger partial charge in [0.2, 0.25) is 0 Å². The Labute approximate surface area is 106 Å². The molecule has 1 aromatic carbocycles. The largest absolute Gasteiger partial charge is 0.487 e. The topological polar surface area (TPSA) is 77.2 Å². The summed E-state index contributed by atoms with van der Waals surface area (Å²) in [6, 6.07) is 5.66. The van der Waals surface area contributed by atoms with E-state index in [0.29, 0.717) is 11.4 Å². The Balaban J connectivity index is 1.96. The predicted molar refractivity (Wildman–Crippen MR) is 64.5 cm³/mol. The molecule has 0 radical (unpaired) electrons. The molecule has 5 nitrogen and oxygen atoms in total. The van der Waals surface area contributed by atoms with Gasteiger partial charge >= 0.3 is 0 Å². The first kappa shape index (κ1) is 12.5. The molecule has 94 valence electrons. The van der Waals surface area contributed by atoms with Crippen molar-refractivity contribution in [1.29, 1.82) is 0 Å². The molecule has 0 spiro atoms. The summed E-state index contributed by atoms with van der Waals surface area (Å²) < 4.78 is 18.0. The maximum absolute atomic E-state index is 12.7. The number of nitrogen functional groups attached to an aromatic ring is 1. The van der Waals surface area contributed by atoms with E-state index in [1.165, 1.54) is 35.6 Å². The van der Waals surface area contributed by atoms with Gasteiger partial charge in [0.1, 0.15) is 18.2 Å². The van der Waals surface area contributed by atoms with Crippen molar-refractivity contribution in [3.8, 4) is 5.75 Å². The fourth-order valence-electron chi connectivity index (χ4n) is 1.23. The quantitative estimate of drug-likeness (QED) is 0.499. The first-order valence-electron chi connectivity index (χ1n) is 5.03. The summed E-state index contributed by atoms with van der Waals surface area (Å²) in [5.41, 5.74) is 2.61. The number of nitrogens with one attached hydrogen (secondary N) is 1. The van der Waals surface area contributed by atoms with E-state index < -0.39 is 5.91 Å². The second kappa shape index (κ2) is 5.56. The van der Waals surface area contributed by atoms with Crippen LogP contribution >= 0.6 is 11.3 Å². The molecule has 0 aliphatic carbocycles. The standard InChI is InChI=1S/C11H10FN3O2S/c12-7-1-3-9(4-2-7)17-5-8-6-18-11(14-8)10(16)15-13/h1-4,6H,5,13H2,(H,15,16). The third-order valence-electron chi connectivity index (χ3n) is 2.08. The number of hydrogen-bond acceptors (Lipinski definition) is 5. The number of carbonyl (C=O) groups excluding carboxylic acids is 1. The fraction of sp³-hybridized carbons (Fsp3) is 0.0909. The van der Waals surface area contributed by atoms with Crippen LogP contribution in [0.4, 0.5) is 4.39 Å². The molecule has 0 bridgehead atoms. The van der Waals surface area contributed by atoms with Crippen LogP contribution in [0.1, 0.15) is 15.5 Å². The number of thiazole rings is 1. The number of carbonyl (C=O) groups is 1. The van der Waals surface area contributed by atoms with Crippen LogP contribution in [0.25, 0.3) is 0 Å². The average molecular weight is 267 g/mol. The SMILES string of the molecule is NNC(=O)c1nc(COc2ccc(F)cc2)cs1. The molecule has 1 aromatic heterocycles. The van der Waals surface area contributed by atoms with E-state index in [9.17, 15) is 9.18 Å². The van der Waals surface area contributed by atoms with Crippen LogP contribution in [0, 0.1) is 5.82 Å². The molecule has 2 aromatic rings. The maximum Gasteiger partial charge on any atom is 0.294 e. The van der Waals surface area contributed by atoms with Gasteiger partial charge in [-0.15, -0.1) is 11.3 Å². The Bertz CT molecular complexity index is 541. The van der Waals surface area contributed by atoms with Gasteiger partial charge in [0.25, 0.3) is 5.91 Å². The molecule has 3 N–H and O–H groups in total. The van der Waals surface area contributed by atoms with Gasteiger partial charge in [-0.05, 0) is 24.3 Å². The molecule has 0 aliphatic heterocycles. The van der Waals surface area contributed by atoms with Gasteiger partial charge in [0.05, 0.1) is 5.69 Å². The average Bonchev–Trinajstić information content (AvgIpc) is 2.86. The van der Waals surface area contributed by atoms with Crippen molar-refractivity contribution < 1.29 is 13.9 Å². The van der Waals surface area contributed by atoms with E-state index in [0.717, 1.165) is 0 Å². The molecule has 0 saturated carbocycles. The maximum atomic E-state index is 12.7. The smallest absolute Gasteiger partial charge is 0.294 e. The molecule has 1 heterocycles. The van der Waals surface area contributed by atoms with Crippen LogP contribution in [-0.4, -0.2) is 10.9 Å². The molecule has 0 unspecified atom stereocenters. The summed E-state index contributed by atoms with van der Waals surface area (Å²) in [7, 11) is 0. The lowest BCUT2D eigenvalue weighted by molar-refractivity contribution is 0.0953. The minimum atomic E-state index is -0.437. The highest BCUT2D eigenvalue weighted by Crippen LogP contribution is 2.15. The molecule has 2 rings (SSSR count). The Kier molecular flexibility index (Phi) is 3.85. The number of ether oxygens (including phenoxy) is 1. The van der Waals surface area contributed by atoms with Crippen LogP contribution in [0.15, 0.2) is 29.6 Å². The minimum Gasteiger partial charge on any atom is -0.487 e. The number of amides is 1. The van der Waals surface area contributed by atoms with Crippen molar-refractivity contribution in [2.75, 3.05) is 0 Å². The lowest BCUT2D eigenvalue weighted by atomic mass is 10.3. The van der Waals surface area contributed by atoms with Gasteiger partial charge in [-0.25, -0.2) is 15.2 Å². The molecule has 0 aliphatic rings. The van der Waals surface area contributed by atoms with Gasteiger partial charge < -0.3 is 4.74 Å². The summed E-state index contributed by atoms with van der Waals surface area (Å²) in [5, 5.41) is 1.98. The molecule has 0 atom stereocenters. The normalized spacial score (nSPS) is 10.1. The van der Waals surface area contributed by atoms with E-state index in [-0.39, 0.29) is 17.4 Å². The minimum absolute atomic E-state index is 0.208. The van der Waals surface area contributed by atoms with Crippen LogP contribution in [0.3, 0.4) is 0 Å². The van der Waals surface area contributed by atoms with Gasteiger partial charge in [0, 0.05) is 5.38 Å². The lowest BCUT2D eigenvalue weighted by Gasteiger charge is -2.03. The molecule has 0 fully saturated rings. The van der Waals surface area contributed by atoms with Crippen LogP contribution in [-0.2, 0) is 6.61 Å². The number of rotatable bonds is 4. The highest BCUT2D eigenvalue weighted by atomic mass is 32.1. The van der Waals surface area contributed by atoms with Crippen molar-refractivity contribution in [3.63, 3.8) is 0 Å². The third-order valence-corrected chi connectivity index (χ3v) is 2.97. The second-order valence-corrected chi connectivity index (χ2v) is 4.22. The van der Waals surface area contributed by atoms with E-state index in [1.54, 1.807) is 5.38 Å². The molecule has 1 amide bonds. The highest BCUT2D eigenvalue weighted by molar-refractivity contribution is 7.11. The van der Waals surface area contributed by atoms with E-state index in [4.69, 9.17) is 10.6 Å². The van der Waals surface area contributed by atoms with Gasteiger partial charge in [0.15, 0.2) is 5.01 Å². The molecular weight excluding hydrogens is 257 g/mol. The summed E-state index contributed by atoms with van der Waals surface area (Å²) in [5.74, 6) is 4.77. The summed E-state index contributed by atoms with van der Waals surface area (Å²) >= 11 is 1.18. The third kappa shape index (κ3) is 3.02. The number of nitrogens with two attached hydrogens (primary N) is 1. The Morgan fingerprint density at radius 1 is 1.44 bits per heavy atom. The van der Waals surface area contributed by atoms with E-state index in [2.05, 4.69) is 4.98 Å². The zero-order valence-electron chi connectivity index (χ0n) is 9.22. The number of nitrogens with zero attached hydrogens (tertiary/aromatic N) is 1. The van der Waals surface area contributed by atoms with E-state index >= 15 is 0 Å². The Hall–Kier alpha value is -1.99. The van der Waals surface area contributed by atoms with Crippen molar-refractivity contribution >= 4 is 17.2 Å². The first-order chi connectivity index (χ1) is 8.69. The van der Waals surface area contributed by atoms with Crippen LogP contribution < -0.4 is 16.0 Å². The number of aromatic nitrogens is 1. The van der Waals surface area contributed by atoms with Crippen molar-refractivity contribution in [3.05, 3.63) is 46.2 Å².